The second-order valence-electron chi connectivity index (χ2n) is 13.0. The predicted molar refractivity (Wildman–Crippen MR) is 175 cm³/mol. The molecule has 0 aliphatic carbocycles. The van der Waals surface area contributed by atoms with Gasteiger partial charge in [0.1, 0.15) is 11.5 Å². The van der Waals surface area contributed by atoms with Crippen molar-refractivity contribution in [2.24, 2.45) is 23.2 Å². The number of hydrogen-bond acceptors (Lipinski definition) is 6. The van der Waals surface area contributed by atoms with Crippen molar-refractivity contribution in [2.75, 3.05) is 0 Å². The lowest BCUT2D eigenvalue weighted by atomic mass is 9.76. The van der Waals surface area contributed by atoms with Gasteiger partial charge in [-0.2, -0.15) is 0 Å². The number of para-hydroxylation sites is 2. The number of rotatable bonds is 16. The highest BCUT2D eigenvalue weighted by Gasteiger charge is 2.36. The fourth-order valence-electron chi connectivity index (χ4n) is 5.14. The molecule has 0 aliphatic heterocycles. The summed E-state index contributed by atoms with van der Waals surface area (Å²) >= 11 is 0. The van der Waals surface area contributed by atoms with Gasteiger partial charge in [0.25, 0.3) is 0 Å². The van der Waals surface area contributed by atoms with Crippen LogP contribution in [-0.4, -0.2) is 35.1 Å². The van der Waals surface area contributed by atoms with E-state index in [2.05, 4.69) is 5.32 Å². The molecule has 1 amide bonds. The highest BCUT2D eigenvalue weighted by atomic mass is 16.5. The Morgan fingerprint density at radius 2 is 1.33 bits per heavy atom. The van der Waals surface area contributed by atoms with Gasteiger partial charge in [-0.1, -0.05) is 95.3 Å². The van der Waals surface area contributed by atoms with Crippen molar-refractivity contribution in [1.29, 1.82) is 0 Å². The zero-order valence-corrected chi connectivity index (χ0v) is 27.2. The monoisotopic (exact) mass is 611 g/mol. The van der Waals surface area contributed by atoms with Gasteiger partial charge in [-0.15, -0.1) is 0 Å². The minimum absolute atomic E-state index is 0.0767. The summed E-state index contributed by atoms with van der Waals surface area (Å²) in [6.07, 6.45) is 0.284. The van der Waals surface area contributed by atoms with Crippen LogP contribution in [0, 0.1) is 23.2 Å². The Morgan fingerprint density at radius 3 is 1.93 bits per heavy atom. The Bertz CT molecular complexity index is 1470. The Hall–Kier alpha value is -4.39. The summed E-state index contributed by atoms with van der Waals surface area (Å²) in [5.74, 6) is -2.84. The SMILES string of the molecule is CC(C)[C@H](CC(=O)[C@H](C)NC(=O)[C@@H](CC(=O)c1ccccc1Oc1ccccc1)C(C)(C)C)C(=O)C(=O)CCc1ccccc1. The second-order valence-corrected chi connectivity index (χ2v) is 13.0. The molecule has 0 saturated heterocycles. The maximum absolute atomic E-state index is 13.6. The first-order chi connectivity index (χ1) is 21.3. The molecule has 0 radical (unpaired) electrons. The third-order valence-corrected chi connectivity index (χ3v) is 8.07. The summed E-state index contributed by atoms with van der Waals surface area (Å²) in [6, 6.07) is 24.6. The van der Waals surface area contributed by atoms with E-state index in [9.17, 15) is 24.0 Å². The Morgan fingerprint density at radius 1 is 0.756 bits per heavy atom. The van der Waals surface area contributed by atoms with Crippen LogP contribution in [0.5, 0.6) is 11.5 Å². The molecule has 0 aromatic heterocycles. The smallest absolute Gasteiger partial charge is 0.224 e. The minimum atomic E-state index is -0.903. The first-order valence-electron chi connectivity index (χ1n) is 15.6. The molecule has 7 heteroatoms. The molecule has 0 aliphatic rings. The molecule has 0 bridgehead atoms. The predicted octanol–water partition coefficient (Wildman–Crippen LogP) is 7.22. The molecular weight excluding hydrogens is 566 g/mol. The number of carbonyl (C=O) groups excluding carboxylic acids is 5. The molecular formula is C38H45NO6. The second kappa shape index (κ2) is 16.1. The van der Waals surface area contributed by atoms with Gasteiger partial charge in [-0.05, 0) is 54.5 Å². The van der Waals surface area contributed by atoms with E-state index < -0.39 is 40.8 Å². The number of benzene rings is 3. The van der Waals surface area contributed by atoms with Gasteiger partial charge in [0.15, 0.2) is 17.3 Å². The van der Waals surface area contributed by atoms with Crippen molar-refractivity contribution in [2.45, 2.75) is 73.3 Å². The summed E-state index contributed by atoms with van der Waals surface area (Å²) < 4.78 is 5.97. The molecule has 3 aromatic carbocycles. The van der Waals surface area contributed by atoms with Crippen LogP contribution in [0.25, 0.3) is 0 Å². The number of nitrogens with one attached hydrogen (secondary N) is 1. The molecule has 3 aromatic rings. The lowest BCUT2D eigenvalue weighted by Crippen LogP contribution is -2.46. The van der Waals surface area contributed by atoms with Crippen LogP contribution in [0.1, 0.15) is 76.7 Å². The van der Waals surface area contributed by atoms with Crippen LogP contribution in [0.15, 0.2) is 84.9 Å². The highest BCUT2D eigenvalue weighted by Crippen LogP contribution is 2.33. The van der Waals surface area contributed by atoms with E-state index in [1.807, 2.05) is 83.1 Å². The average molecular weight is 612 g/mol. The van der Waals surface area contributed by atoms with E-state index in [0.717, 1.165) is 5.56 Å². The summed E-state index contributed by atoms with van der Waals surface area (Å²) in [7, 11) is 0. The number of aryl methyl sites for hydroxylation is 1. The van der Waals surface area contributed by atoms with E-state index in [-0.39, 0.29) is 36.7 Å². The Balaban J connectivity index is 1.66. The molecule has 0 fully saturated rings. The lowest BCUT2D eigenvalue weighted by Gasteiger charge is -2.30. The summed E-state index contributed by atoms with van der Waals surface area (Å²) in [5, 5.41) is 2.79. The van der Waals surface area contributed by atoms with Crippen LogP contribution in [-0.2, 0) is 25.6 Å². The molecule has 3 atom stereocenters. The first-order valence-corrected chi connectivity index (χ1v) is 15.6. The number of amides is 1. The van der Waals surface area contributed by atoms with E-state index >= 15 is 0 Å². The summed E-state index contributed by atoms with van der Waals surface area (Å²) in [6.45, 7) is 10.8. The number of ether oxygens (including phenoxy) is 1. The van der Waals surface area contributed by atoms with Crippen LogP contribution < -0.4 is 10.1 Å². The van der Waals surface area contributed by atoms with Crippen molar-refractivity contribution >= 4 is 29.0 Å². The molecule has 238 valence electrons. The third kappa shape index (κ3) is 10.3. The van der Waals surface area contributed by atoms with Gasteiger partial charge in [0.05, 0.1) is 17.5 Å². The molecule has 3 rings (SSSR count). The first kappa shape index (κ1) is 35.1. The quantitative estimate of drug-likeness (QED) is 0.135. The molecule has 7 nitrogen and oxygen atoms in total. The molecule has 0 heterocycles. The zero-order chi connectivity index (χ0) is 33.1. The standard InChI is InChI=1S/C38H45NO6/c1-25(2)30(36(43)32(40)22-21-27-15-9-7-10-16-27)23-33(41)26(3)39-37(44)31(38(4,5)6)24-34(42)29-19-13-14-20-35(29)45-28-17-11-8-12-18-28/h7-20,25-26,30-31H,21-24H2,1-6H3,(H,39,44)/t26-,30-,31+/m0/s1. The van der Waals surface area contributed by atoms with Gasteiger partial charge in [0.2, 0.25) is 11.7 Å². The van der Waals surface area contributed by atoms with Crippen LogP contribution in [0.2, 0.25) is 0 Å². The fourth-order valence-corrected chi connectivity index (χ4v) is 5.14. The maximum Gasteiger partial charge on any atom is 0.224 e. The van der Waals surface area contributed by atoms with Crippen molar-refractivity contribution < 1.29 is 28.7 Å². The van der Waals surface area contributed by atoms with Crippen LogP contribution >= 0.6 is 0 Å². The highest BCUT2D eigenvalue weighted by molar-refractivity contribution is 6.38. The van der Waals surface area contributed by atoms with E-state index in [4.69, 9.17) is 4.74 Å². The average Bonchev–Trinajstić information content (AvgIpc) is 3.01. The van der Waals surface area contributed by atoms with Gasteiger partial charge >= 0.3 is 0 Å². The maximum atomic E-state index is 13.6. The van der Waals surface area contributed by atoms with Crippen molar-refractivity contribution in [3.05, 3.63) is 96.1 Å². The Labute approximate surface area is 266 Å². The van der Waals surface area contributed by atoms with E-state index in [0.29, 0.717) is 23.5 Å². The molecule has 0 unspecified atom stereocenters. The molecule has 0 saturated carbocycles. The summed E-state index contributed by atoms with van der Waals surface area (Å²) in [5.41, 5.74) is 0.730. The van der Waals surface area contributed by atoms with Crippen molar-refractivity contribution in [3.63, 3.8) is 0 Å². The van der Waals surface area contributed by atoms with Gasteiger partial charge in [0, 0.05) is 25.2 Å². The normalized spacial score (nSPS) is 13.4. The number of ketones is 4. The fraction of sp³-hybridized carbons (Fsp3) is 0.395. The van der Waals surface area contributed by atoms with Crippen molar-refractivity contribution in [3.8, 4) is 11.5 Å². The van der Waals surface area contributed by atoms with Gasteiger partial charge in [-0.25, -0.2) is 0 Å². The Kier molecular flexibility index (Phi) is 12.5. The lowest BCUT2D eigenvalue weighted by molar-refractivity contribution is -0.141. The summed E-state index contributed by atoms with van der Waals surface area (Å²) in [4.78, 5) is 66.2. The third-order valence-electron chi connectivity index (χ3n) is 8.07. The minimum Gasteiger partial charge on any atom is -0.457 e. The number of hydrogen-bond donors (Lipinski definition) is 1. The molecule has 0 spiro atoms. The largest absolute Gasteiger partial charge is 0.457 e. The molecule has 45 heavy (non-hydrogen) atoms. The van der Waals surface area contributed by atoms with Gasteiger partial charge < -0.3 is 10.1 Å². The van der Waals surface area contributed by atoms with E-state index in [1.165, 1.54) is 0 Å². The van der Waals surface area contributed by atoms with Gasteiger partial charge in [-0.3, -0.25) is 24.0 Å². The van der Waals surface area contributed by atoms with Crippen LogP contribution in [0.4, 0.5) is 0 Å². The number of Topliss-reactive ketones (excluding diaryl/α,β-unsaturated/α-hetero) is 4. The molecule has 1 N–H and O–H groups in total. The number of carbonyl (C=O) groups is 5. The zero-order valence-electron chi connectivity index (χ0n) is 27.2. The van der Waals surface area contributed by atoms with Crippen molar-refractivity contribution in [1.82, 2.24) is 5.32 Å². The topological polar surface area (TPSA) is 107 Å². The van der Waals surface area contributed by atoms with E-state index in [1.54, 1.807) is 43.3 Å². The van der Waals surface area contributed by atoms with Crippen LogP contribution in [0.3, 0.4) is 0 Å².